The van der Waals surface area contributed by atoms with Crippen molar-refractivity contribution in [1.29, 1.82) is 0 Å². The molecule has 4 heteroatoms. The van der Waals surface area contributed by atoms with Gasteiger partial charge in [-0.25, -0.2) is 0 Å². The Kier molecular flexibility index (Phi) is 4.09. The van der Waals surface area contributed by atoms with Crippen molar-refractivity contribution < 1.29 is 0 Å². The third-order valence-electron chi connectivity index (χ3n) is 4.41. The zero-order valence-corrected chi connectivity index (χ0v) is 13.3. The van der Waals surface area contributed by atoms with E-state index in [9.17, 15) is 0 Å². The van der Waals surface area contributed by atoms with Gasteiger partial charge < -0.3 is 5.32 Å². The zero-order valence-electron chi connectivity index (χ0n) is 10.9. The number of rotatable bonds is 3. The second-order valence-electron chi connectivity index (χ2n) is 5.47. The molecule has 3 heterocycles. The Labute approximate surface area is 122 Å². The lowest BCUT2D eigenvalue weighted by Gasteiger charge is -2.33. The minimum atomic E-state index is 0.566. The van der Waals surface area contributed by atoms with Gasteiger partial charge in [0.2, 0.25) is 0 Å². The summed E-state index contributed by atoms with van der Waals surface area (Å²) >= 11 is 5.46. The van der Waals surface area contributed by atoms with E-state index in [0.717, 1.165) is 12.1 Å². The second kappa shape index (κ2) is 5.61. The summed E-state index contributed by atoms with van der Waals surface area (Å²) in [5.74, 6) is 0. The average molecular weight is 329 g/mol. The highest BCUT2D eigenvalue weighted by Gasteiger charge is 2.36. The molecule has 100 valence electrons. The molecule has 2 aliphatic rings. The average Bonchev–Trinajstić information content (AvgIpc) is 3.08. The van der Waals surface area contributed by atoms with Crippen molar-refractivity contribution in [2.75, 3.05) is 13.1 Å². The molecule has 3 atom stereocenters. The van der Waals surface area contributed by atoms with Crippen LogP contribution in [0.3, 0.4) is 0 Å². The first kappa shape index (κ1) is 13.1. The molecule has 1 aromatic heterocycles. The smallest absolute Gasteiger partial charge is 0.0701 e. The lowest BCUT2D eigenvalue weighted by molar-refractivity contribution is 0.165. The monoisotopic (exact) mass is 328 g/mol. The van der Waals surface area contributed by atoms with Crippen molar-refractivity contribution in [2.24, 2.45) is 0 Å². The topological polar surface area (TPSA) is 15.3 Å². The van der Waals surface area contributed by atoms with Gasteiger partial charge in [0.05, 0.1) is 3.79 Å². The van der Waals surface area contributed by atoms with Gasteiger partial charge >= 0.3 is 0 Å². The summed E-state index contributed by atoms with van der Waals surface area (Å²) in [6.07, 6.45) is 5.45. The van der Waals surface area contributed by atoms with Gasteiger partial charge in [0.25, 0.3) is 0 Å². The molecule has 0 aromatic carbocycles. The van der Waals surface area contributed by atoms with Crippen molar-refractivity contribution >= 4 is 27.3 Å². The minimum absolute atomic E-state index is 0.566. The molecule has 1 N–H and O–H groups in total. The van der Waals surface area contributed by atoms with Crippen molar-refractivity contribution in [3.05, 3.63) is 20.8 Å². The summed E-state index contributed by atoms with van der Waals surface area (Å²) in [5, 5.41) is 3.69. The number of hydrogen-bond donors (Lipinski definition) is 1. The fraction of sp³-hybridized carbons (Fsp3) is 0.714. The molecule has 2 saturated heterocycles. The summed E-state index contributed by atoms with van der Waals surface area (Å²) < 4.78 is 1.25. The van der Waals surface area contributed by atoms with Crippen molar-refractivity contribution in [3.8, 4) is 0 Å². The van der Waals surface area contributed by atoms with E-state index in [1.54, 1.807) is 0 Å². The van der Waals surface area contributed by atoms with Crippen molar-refractivity contribution in [3.63, 3.8) is 0 Å². The second-order valence-corrected chi connectivity index (χ2v) is 7.96. The molecule has 3 rings (SSSR count). The molecule has 2 nitrogen and oxygen atoms in total. The molecule has 18 heavy (non-hydrogen) atoms. The Balaban J connectivity index is 1.73. The standard InChI is InChI=1S/C14H21BrN2S/c1-10(13-6-7-14(15)18-13)17-9-3-5-12(17)11-4-2-8-16-11/h6-7,10-12,16H,2-5,8-9H2,1H3. The van der Waals surface area contributed by atoms with Gasteiger partial charge in [0, 0.05) is 23.0 Å². The molecule has 0 spiro atoms. The highest BCUT2D eigenvalue weighted by molar-refractivity contribution is 9.11. The van der Waals surface area contributed by atoms with Gasteiger partial charge in [-0.05, 0) is 73.8 Å². The fourth-order valence-electron chi connectivity index (χ4n) is 3.48. The van der Waals surface area contributed by atoms with Crippen LogP contribution < -0.4 is 5.32 Å². The van der Waals surface area contributed by atoms with Gasteiger partial charge in [-0.15, -0.1) is 11.3 Å². The van der Waals surface area contributed by atoms with Crippen molar-refractivity contribution in [2.45, 2.75) is 50.7 Å². The third kappa shape index (κ3) is 2.53. The van der Waals surface area contributed by atoms with Gasteiger partial charge in [-0.2, -0.15) is 0 Å². The number of hydrogen-bond acceptors (Lipinski definition) is 3. The van der Waals surface area contributed by atoms with Crippen LogP contribution in [0.1, 0.15) is 43.5 Å². The molecule has 2 fully saturated rings. The van der Waals surface area contributed by atoms with E-state index in [-0.39, 0.29) is 0 Å². The maximum atomic E-state index is 3.69. The van der Waals surface area contributed by atoms with E-state index in [1.165, 1.54) is 47.4 Å². The van der Waals surface area contributed by atoms with E-state index in [0.29, 0.717) is 6.04 Å². The van der Waals surface area contributed by atoms with Gasteiger partial charge in [-0.1, -0.05) is 0 Å². The number of likely N-dealkylation sites (tertiary alicyclic amines) is 1. The molecule has 1 aromatic rings. The van der Waals surface area contributed by atoms with E-state index >= 15 is 0 Å². The highest BCUT2D eigenvalue weighted by Crippen LogP contribution is 2.36. The maximum Gasteiger partial charge on any atom is 0.0701 e. The summed E-state index contributed by atoms with van der Waals surface area (Å²) in [6.45, 7) is 4.85. The van der Waals surface area contributed by atoms with E-state index < -0.39 is 0 Å². The van der Waals surface area contributed by atoms with Crippen LogP contribution in [0.25, 0.3) is 0 Å². The van der Waals surface area contributed by atoms with Crippen LogP contribution in [0.2, 0.25) is 0 Å². The SMILES string of the molecule is CC(c1ccc(Br)s1)N1CCCC1C1CCCN1. The first-order valence-corrected chi connectivity index (χ1v) is 8.61. The molecule has 0 saturated carbocycles. The molecular formula is C14H21BrN2S. The fourth-order valence-corrected chi connectivity index (χ4v) is 4.98. The molecule has 0 amide bonds. The van der Waals surface area contributed by atoms with Crippen LogP contribution in [0.15, 0.2) is 15.9 Å². The van der Waals surface area contributed by atoms with E-state index in [1.807, 2.05) is 11.3 Å². The Morgan fingerprint density at radius 2 is 2.28 bits per heavy atom. The van der Waals surface area contributed by atoms with Crippen LogP contribution in [0.5, 0.6) is 0 Å². The Hall–Kier alpha value is 0.1000. The maximum absolute atomic E-state index is 3.69. The van der Waals surface area contributed by atoms with E-state index in [4.69, 9.17) is 0 Å². The third-order valence-corrected chi connectivity index (χ3v) is 6.20. The first-order chi connectivity index (χ1) is 8.75. The Morgan fingerprint density at radius 1 is 1.39 bits per heavy atom. The number of thiophene rings is 1. The molecule has 0 radical (unpaired) electrons. The lowest BCUT2D eigenvalue weighted by atomic mass is 10.0. The van der Waals surface area contributed by atoms with Crippen LogP contribution in [-0.2, 0) is 0 Å². The summed E-state index contributed by atoms with van der Waals surface area (Å²) in [5.41, 5.74) is 0. The minimum Gasteiger partial charge on any atom is -0.312 e. The quantitative estimate of drug-likeness (QED) is 0.908. The first-order valence-electron chi connectivity index (χ1n) is 7.00. The van der Waals surface area contributed by atoms with Crippen LogP contribution in [0.4, 0.5) is 0 Å². The van der Waals surface area contributed by atoms with Gasteiger partial charge in [-0.3, -0.25) is 4.90 Å². The zero-order chi connectivity index (χ0) is 12.5. The predicted molar refractivity (Wildman–Crippen MR) is 81.2 cm³/mol. The summed E-state index contributed by atoms with van der Waals surface area (Å²) in [7, 11) is 0. The van der Waals surface area contributed by atoms with Gasteiger partial charge in [0.15, 0.2) is 0 Å². The Morgan fingerprint density at radius 3 is 2.94 bits per heavy atom. The van der Waals surface area contributed by atoms with Crippen LogP contribution in [-0.4, -0.2) is 30.1 Å². The number of nitrogens with zero attached hydrogens (tertiary/aromatic N) is 1. The molecule has 0 aliphatic carbocycles. The van der Waals surface area contributed by atoms with Crippen LogP contribution >= 0.6 is 27.3 Å². The van der Waals surface area contributed by atoms with Crippen molar-refractivity contribution in [1.82, 2.24) is 10.2 Å². The number of nitrogens with one attached hydrogen (secondary N) is 1. The normalized spacial score (nSPS) is 31.0. The molecule has 0 bridgehead atoms. The summed E-state index contributed by atoms with van der Waals surface area (Å²) in [6, 6.07) is 6.50. The highest BCUT2D eigenvalue weighted by atomic mass is 79.9. The van der Waals surface area contributed by atoms with Gasteiger partial charge in [0.1, 0.15) is 0 Å². The number of halogens is 1. The lowest BCUT2D eigenvalue weighted by Crippen LogP contribution is -2.44. The largest absolute Gasteiger partial charge is 0.312 e. The molecule has 3 unspecified atom stereocenters. The molecular weight excluding hydrogens is 308 g/mol. The summed E-state index contributed by atoms with van der Waals surface area (Å²) in [4.78, 5) is 4.22. The predicted octanol–water partition coefficient (Wildman–Crippen LogP) is 3.79. The van der Waals surface area contributed by atoms with E-state index in [2.05, 4.69) is 45.2 Å². The van der Waals surface area contributed by atoms with Crippen LogP contribution in [0, 0.1) is 0 Å². The molecule has 2 aliphatic heterocycles. The Bertz CT molecular complexity index is 400.